The summed E-state index contributed by atoms with van der Waals surface area (Å²) in [6.07, 6.45) is 4.53. The molecule has 0 radical (unpaired) electrons. The van der Waals surface area contributed by atoms with Crippen molar-refractivity contribution in [2.45, 2.75) is 57.9 Å². The predicted molar refractivity (Wildman–Crippen MR) is 167 cm³/mol. The van der Waals surface area contributed by atoms with E-state index in [1.807, 2.05) is 34.9 Å². The molecular weight excluding hydrogens is 585 g/mol. The molecule has 3 aliphatic rings. The number of imidazole rings is 1. The molecule has 3 aliphatic heterocycles. The van der Waals surface area contributed by atoms with E-state index in [-0.39, 0.29) is 12.8 Å². The number of benzene rings is 2. The Kier molecular flexibility index (Phi) is 7.94. The molecule has 7 rings (SSSR count). The maximum atomic E-state index is 14.6. The van der Waals surface area contributed by atoms with Gasteiger partial charge in [-0.1, -0.05) is 23.7 Å². The molecule has 2 aromatic carbocycles. The van der Waals surface area contributed by atoms with Gasteiger partial charge in [-0.05, 0) is 57.3 Å². The van der Waals surface area contributed by atoms with E-state index in [1.165, 1.54) is 0 Å². The second-order valence-corrected chi connectivity index (χ2v) is 12.4. The van der Waals surface area contributed by atoms with E-state index >= 15 is 0 Å². The quantitative estimate of drug-likeness (QED) is 0.251. The first-order valence-electron chi connectivity index (χ1n) is 15.2. The third-order valence-corrected chi connectivity index (χ3v) is 9.46. The zero-order valence-electron chi connectivity index (χ0n) is 25.3. The second-order valence-electron chi connectivity index (χ2n) is 12.0. The van der Waals surface area contributed by atoms with Gasteiger partial charge < -0.3 is 33.5 Å². The normalized spacial score (nSPS) is 20.2. The fourth-order valence-electron chi connectivity index (χ4n) is 6.73. The Balaban J connectivity index is 1.27. The topological polar surface area (TPSA) is 81.0 Å². The molecule has 0 bridgehead atoms. The van der Waals surface area contributed by atoms with Crippen molar-refractivity contribution in [3.8, 4) is 11.8 Å². The van der Waals surface area contributed by atoms with Crippen LogP contribution in [0.2, 0.25) is 5.02 Å². The van der Waals surface area contributed by atoms with E-state index < -0.39 is 5.95 Å². The number of likely N-dealkylation sites (N-methyl/N-ethyl adjacent to an activating group) is 1. The van der Waals surface area contributed by atoms with Crippen molar-refractivity contribution in [1.82, 2.24) is 24.4 Å². The molecule has 0 saturated carbocycles. The lowest BCUT2D eigenvalue weighted by Gasteiger charge is -2.38. The summed E-state index contributed by atoms with van der Waals surface area (Å²) in [6.45, 7) is 6.13. The zero-order valence-corrected chi connectivity index (χ0v) is 26.1. The number of halogens is 2. The summed E-state index contributed by atoms with van der Waals surface area (Å²) in [5.41, 5.74) is 3.49. The molecular formula is C32H37ClFN7O3. The summed E-state index contributed by atoms with van der Waals surface area (Å²) in [7, 11) is 3.73. The largest absolute Gasteiger partial charge is 0.467 e. The molecule has 0 N–H and O–H groups in total. The van der Waals surface area contributed by atoms with Gasteiger partial charge in [-0.3, -0.25) is 0 Å². The summed E-state index contributed by atoms with van der Waals surface area (Å²) in [4.78, 5) is 20.7. The van der Waals surface area contributed by atoms with Crippen LogP contribution in [0.1, 0.15) is 36.7 Å². The average Bonchev–Trinajstić information content (AvgIpc) is 3.61. The molecule has 2 aromatic heterocycles. The van der Waals surface area contributed by atoms with Crippen LogP contribution in [0.4, 0.5) is 15.9 Å². The van der Waals surface area contributed by atoms with Crippen LogP contribution in [0.3, 0.4) is 0 Å². The molecule has 44 heavy (non-hydrogen) atoms. The minimum absolute atomic E-state index is 0.0827. The number of fused-ring (bicyclic) bond motifs is 3. The number of aromatic nitrogens is 4. The average molecular weight is 622 g/mol. The van der Waals surface area contributed by atoms with Crippen LogP contribution in [0, 0.1) is 5.95 Å². The lowest BCUT2D eigenvalue weighted by Crippen LogP contribution is -2.43. The predicted octanol–water partition coefficient (Wildman–Crippen LogP) is 5.05. The molecule has 1 saturated heterocycles. The smallest absolute Gasteiger partial charge is 0.318 e. The van der Waals surface area contributed by atoms with Crippen LogP contribution < -0.4 is 19.3 Å². The third kappa shape index (κ3) is 5.41. The molecule has 4 aromatic rings. The monoisotopic (exact) mass is 621 g/mol. The van der Waals surface area contributed by atoms with Gasteiger partial charge in [0.2, 0.25) is 5.95 Å². The highest BCUT2D eigenvalue weighted by atomic mass is 35.5. The van der Waals surface area contributed by atoms with Gasteiger partial charge in [0.15, 0.2) is 6.79 Å². The fourth-order valence-corrected chi connectivity index (χ4v) is 7.01. The standard InChI is InChI=1S/C32H37ClFN7O3/c1-20-14-40-18-35-30(34)28(40)16-41(20)31-24-9-11-39(15-26(24)36-32(37-31)43-17-22-7-5-10-38(22)2)27-13-23(44-19-42-3)12-21-6-4-8-25(33)29(21)27/h4,6,8,12-13,18,20,22H,5,7,9-11,14-17,19H2,1-3H3/t20-,22+/m1/s1. The molecule has 0 amide bonds. The lowest BCUT2D eigenvalue weighted by molar-refractivity contribution is 0.0512. The van der Waals surface area contributed by atoms with Crippen molar-refractivity contribution in [1.29, 1.82) is 0 Å². The van der Waals surface area contributed by atoms with Gasteiger partial charge in [-0.15, -0.1) is 0 Å². The van der Waals surface area contributed by atoms with Gasteiger partial charge in [0.1, 0.15) is 18.2 Å². The van der Waals surface area contributed by atoms with Crippen LogP contribution in [-0.2, 0) is 30.8 Å². The van der Waals surface area contributed by atoms with E-state index in [9.17, 15) is 4.39 Å². The Morgan fingerprint density at radius 1 is 1.11 bits per heavy atom. The highest BCUT2D eigenvalue weighted by Crippen LogP contribution is 2.40. The maximum absolute atomic E-state index is 14.6. The molecule has 0 spiro atoms. The zero-order chi connectivity index (χ0) is 30.4. The van der Waals surface area contributed by atoms with E-state index in [2.05, 4.69) is 33.7 Å². The number of ether oxygens (including phenoxy) is 3. The molecule has 1 fully saturated rings. The molecule has 0 aliphatic carbocycles. The van der Waals surface area contributed by atoms with Gasteiger partial charge in [0, 0.05) is 49.3 Å². The highest BCUT2D eigenvalue weighted by Gasteiger charge is 2.33. The molecule has 12 heteroatoms. The summed E-state index contributed by atoms with van der Waals surface area (Å²) in [6, 6.07) is 10.7. The van der Waals surface area contributed by atoms with E-state index in [4.69, 9.17) is 35.8 Å². The minimum Gasteiger partial charge on any atom is -0.467 e. The number of anilines is 2. The SMILES string of the molecule is COCOc1cc(N2CCc3c(nc(OC[C@@H]4CCCN4C)nc3N3Cc4c(F)ncn4C[C@H]3C)C2)c2c(Cl)cccc2c1. The Morgan fingerprint density at radius 2 is 2.00 bits per heavy atom. The maximum Gasteiger partial charge on any atom is 0.318 e. The summed E-state index contributed by atoms with van der Waals surface area (Å²) in [5.74, 6) is 1.08. The Bertz CT molecular complexity index is 1680. The van der Waals surface area contributed by atoms with Gasteiger partial charge in [0.05, 0.1) is 41.5 Å². The third-order valence-electron chi connectivity index (χ3n) is 9.14. The van der Waals surface area contributed by atoms with Crippen LogP contribution in [0.15, 0.2) is 36.7 Å². The number of rotatable bonds is 8. The summed E-state index contributed by atoms with van der Waals surface area (Å²) in [5, 5.41) is 2.63. The van der Waals surface area contributed by atoms with Gasteiger partial charge in [0.25, 0.3) is 0 Å². The molecule has 2 atom stereocenters. The van der Waals surface area contributed by atoms with E-state index in [1.54, 1.807) is 13.4 Å². The van der Waals surface area contributed by atoms with Crippen LogP contribution >= 0.6 is 11.6 Å². The molecule has 10 nitrogen and oxygen atoms in total. The first-order chi connectivity index (χ1) is 21.4. The first-order valence-corrected chi connectivity index (χ1v) is 15.5. The van der Waals surface area contributed by atoms with Gasteiger partial charge in [-0.25, -0.2) is 4.98 Å². The summed E-state index contributed by atoms with van der Waals surface area (Å²) < 4.78 is 33.9. The highest BCUT2D eigenvalue weighted by molar-refractivity contribution is 6.36. The number of hydrogen-bond donors (Lipinski definition) is 0. The molecule has 5 heterocycles. The van der Waals surface area contributed by atoms with Crippen molar-refractivity contribution in [3.05, 3.63) is 64.6 Å². The van der Waals surface area contributed by atoms with Crippen molar-refractivity contribution >= 4 is 33.9 Å². The molecule has 232 valence electrons. The number of nitrogens with zero attached hydrogens (tertiary/aromatic N) is 7. The minimum atomic E-state index is -0.434. The van der Waals surface area contributed by atoms with Crippen LogP contribution in [-0.4, -0.2) is 77.1 Å². The first kappa shape index (κ1) is 29.1. The van der Waals surface area contributed by atoms with E-state index in [0.29, 0.717) is 61.2 Å². The van der Waals surface area contributed by atoms with E-state index in [0.717, 1.165) is 59.5 Å². The Hall–Kier alpha value is -3.67. The summed E-state index contributed by atoms with van der Waals surface area (Å²) >= 11 is 6.78. The van der Waals surface area contributed by atoms with Crippen molar-refractivity contribution in [3.63, 3.8) is 0 Å². The Labute approximate surface area is 261 Å². The van der Waals surface area contributed by atoms with Crippen molar-refractivity contribution in [2.75, 3.05) is 50.4 Å². The van der Waals surface area contributed by atoms with Crippen molar-refractivity contribution in [2.24, 2.45) is 0 Å². The number of methoxy groups -OCH3 is 1. The van der Waals surface area contributed by atoms with Crippen LogP contribution in [0.5, 0.6) is 11.8 Å². The fraction of sp³-hybridized carbons (Fsp3) is 0.469. The Morgan fingerprint density at radius 3 is 2.82 bits per heavy atom. The second kappa shape index (κ2) is 12.0. The van der Waals surface area contributed by atoms with Gasteiger partial charge in [-0.2, -0.15) is 14.4 Å². The van der Waals surface area contributed by atoms with Gasteiger partial charge >= 0.3 is 6.01 Å². The lowest BCUT2D eigenvalue weighted by atomic mass is 10.0. The van der Waals surface area contributed by atoms with Crippen LogP contribution in [0.25, 0.3) is 10.8 Å². The number of hydrogen-bond acceptors (Lipinski definition) is 9. The molecule has 0 unspecified atom stereocenters. The van der Waals surface area contributed by atoms with Crippen molar-refractivity contribution < 1.29 is 18.6 Å². The number of likely N-dealkylation sites (tertiary alicyclic amines) is 1.